The summed E-state index contributed by atoms with van der Waals surface area (Å²) < 4.78 is 0. The zero-order chi connectivity index (χ0) is 14.1. The molecule has 3 rings (SSSR count). The highest BCUT2D eigenvalue weighted by Crippen LogP contribution is 2.43. The van der Waals surface area contributed by atoms with Crippen LogP contribution in [0.4, 0.5) is 0 Å². The first kappa shape index (κ1) is 14.4. The van der Waals surface area contributed by atoms with E-state index in [1.165, 1.54) is 32.1 Å². The van der Waals surface area contributed by atoms with E-state index < -0.39 is 0 Å². The molecule has 108 valence electrons. The number of benzene rings is 1. The second-order valence-corrected chi connectivity index (χ2v) is 7.15. The summed E-state index contributed by atoms with van der Waals surface area (Å²) in [4.78, 5) is 12.7. The van der Waals surface area contributed by atoms with Crippen LogP contribution in [0.25, 0.3) is 0 Å². The van der Waals surface area contributed by atoms with Crippen molar-refractivity contribution in [2.24, 2.45) is 17.8 Å². The van der Waals surface area contributed by atoms with E-state index in [0.29, 0.717) is 15.6 Å². The van der Waals surface area contributed by atoms with E-state index in [1.807, 2.05) is 0 Å². The Morgan fingerprint density at radius 3 is 2.50 bits per heavy atom. The third-order valence-corrected chi connectivity index (χ3v) is 5.65. The van der Waals surface area contributed by atoms with Crippen LogP contribution < -0.4 is 0 Å². The van der Waals surface area contributed by atoms with Crippen LogP contribution in [0.15, 0.2) is 18.2 Å². The number of Topliss-reactive ketones (excluding diaryl/α,β-unsaturated/α-hetero) is 1. The highest BCUT2D eigenvalue weighted by atomic mass is 35.5. The topological polar surface area (TPSA) is 17.1 Å². The monoisotopic (exact) mass is 310 g/mol. The molecule has 1 nitrogen and oxygen atoms in total. The molecule has 0 radical (unpaired) electrons. The third kappa shape index (κ3) is 2.89. The van der Waals surface area contributed by atoms with Crippen molar-refractivity contribution < 1.29 is 4.79 Å². The summed E-state index contributed by atoms with van der Waals surface area (Å²) in [6.07, 6.45) is 8.69. The van der Waals surface area contributed by atoms with Crippen molar-refractivity contribution in [2.45, 2.75) is 44.9 Å². The second kappa shape index (κ2) is 6.07. The SMILES string of the molecule is O=C(c1ccc(Cl)cc1Cl)C1CCC2CCCCC2C1. The van der Waals surface area contributed by atoms with Crippen molar-refractivity contribution in [2.75, 3.05) is 0 Å². The average Bonchev–Trinajstić information content (AvgIpc) is 2.46. The molecule has 0 N–H and O–H groups in total. The van der Waals surface area contributed by atoms with Gasteiger partial charge in [0, 0.05) is 16.5 Å². The first-order valence-corrected chi connectivity index (χ1v) is 8.40. The van der Waals surface area contributed by atoms with Crippen LogP contribution >= 0.6 is 23.2 Å². The lowest BCUT2D eigenvalue weighted by Crippen LogP contribution is -2.31. The minimum absolute atomic E-state index is 0.160. The van der Waals surface area contributed by atoms with E-state index in [2.05, 4.69) is 0 Å². The Balaban J connectivity index is 1.74. The third-order valence-electron chi connectivity index (χ3n) is 5.11. The molecular weight excluding hydrogens is 291 g/mol. The van der Waals surface area contributed by atoms with Gasteiger partial charge in [-0.3, -0.25) is 4.79 Å². The number of halogens is 2. The molecule has 20 heavy (non-hydrogen) atoms. The van der Waals surface area contributed by atoms with Crippen molar-refractivity contribution in [1.82, 2.24) is 0 Å². The Bertz CT molecular complexity index is 512. The number of carbonyl (C=O) groups excluding carboxylic acids is 1. The highest BCUT2D eigenvalue weighted by molar-refractivity contribution is 6.36. The van der Waals surface area contributed by atoms with Crippen LogP contribution in [0.5, 0.6) is 0 Å². The molecule has 2 saturated carbocycles. The van der Waals surface area contributed by atoms with Crippen LogP contribution in [-0.2, 0) is 0 Å². The molecule has 3 heteroatoms. The molecule has 3 unspecified atom stereocenters. The summed E-state index contributed by atoms with van der Waals surface area (Å²) in [5, 5.41) is 1.08. The van der Waals surface area contributed by atoms with Crippen molar-refractivity contribution in [3.05, 3.63) is 33.8 Å². The van der Waals surface area contributed by atoms with E-state index in [4.69, 9.17) is 23.2 Å². The van der Waals surface area contributed by atoms with Gasteiger partial charge >= 0.3 is 0 Å². The number of fused-ring (bicyclic) bond motifs is 1. The Morgan fingerprint density at radius 2 is 1.75 bits per heavy atom. The van der Waals surface area contributed by atoms with Crippen LogP contribution in [-0.4, -0.2) is 5.78 Å². The Morgan fingerprint density at radius 1 is 1.00 bits per heavy atom. The van der Waals surface area contributed by atoms with Gasteiger partial charge in [-0.05, 0) is 49.3 Å². The van der Waals surface area contributed by atoms with Crippen LogP contribution in [0.3, 0.4) is 0 Å². The number of hydrogen-bond donors (Lipinski definition) is 0. The molecule has 0 spiro atoms. The predicted molar refractivity (Wildman–Crippen MR) is 83.6 cm³/mol. The number of carbonyl (C=O) groups is 1. The molecule has 0 amide bonds. The van der Waals surface area contributed by atoms with E-state index in [9.17, 15) is 4.79 Å². The summed E-state index contributed by atoms with van der Waals surface area (Å²) >= 11 is 12.1. The molecule has 0 heterocycles. The Hall–Kier alpha value is -0.530. The van der Waals surface area contributed by atoms with Gasteiger partial charge in [0.1, 0.15) is 0 Å². The zero-order valence-electron chi connectivity index (χ0n) is 11.6. The number of rotatable bonds is 2. The van der Waals surface area contributed by atoms with E-state index >= 15 is 0 Å². The molecule has 1 aromatic rings. The summed E-state index contributed by atoms with van der Waals surface area (Å²) in [7, 11) is 0. The molecular formula is C17H20Cl2O. The molecule has 0 saturated heterocycles. The lowest BCUT2D eigenvalue weighted by molar-refractivity contribution is 0.0763. The lowest BCUT2D eigenvalue weighted by atomic mass is 9.66. The van der Waals surface area contributed by atoms with Gasteiger partial charge in [-0.1, -0.05) is 48.9 Å². The van der Waals surface area contributed by atoms with Gasteiger partial charge < -0.3 is 0 Å². The van der Waals surface area contributed by atoms with Crippen molar-refractivity contribution in [3.63, 3.8) is 0 Å². The normalized spacial score (nSPS) is 29.8. The van der Waals surface area contributed by atoms with Gasteiger partial charge in [-0.25, -0.2) is 0 Å². The summed E-state index contributed by atoms with van der Waals surface area (Å²) in [6.45, 7) is 0. The highest BCUT2D eigenvalue weighted by Gasteiger charge is 2.35. The molecule has 2 fully saturated rings. The van der Waals surface area contributed by atoms with Gasteiger partial charge in [0.25, 0.3) is 0 Å². The Labute approximate surface area is 130 Å². The van der Waals surface area contributed by atoms with Gasteiger partial charge in [0.2, 0.25) is 0 Å². The van der Waals surface area contributed by atoms with Gasteiger partial charge in [0.05, 0.1) is 5.02 Å². The molecule has 2 aliphatic rings. The van der Waals surface area contributed by atoms with Gasteiger partial charge in [0.15, 0.2) is 5.78 Å². The van der Waals surface area contributed by atoms with Gasteiger partial charge in [-0.2, -0.15) is 0 Å². The van der Waals surface area contributed by atoms with Crippen LogP contribution in [0, 0.1) is 17.8 Å². The first-order valence-electron chi connectivity index (χ1n) is 7.64. The standard InChI is InChI=1S/C17H20Cl2O/c18-14-7-8-15(16(19)10-14)17(20)13-6-5-11-3-1-2-4-12(11)9-13/h7-8,10-13H,1-6,9H2. The van der Waals surface area contributed by atoms with Crippen molar-refractivity contribution >= 4 is 29.0 Å². The largest absolute Gasteiger partial charge is 0.294 e. The average molecular weight is 311 g/mol. The lowest BCUT2D eigenvalue weighted by Gasteiger charge is -2.38. The smallest absolute Gasteiger partial charge is 0.167 e. The molecule has 3 atom stereocenters. The summed E-state index contributed by atoms with van der Waals surface area (Å²) in [5.41, 5.74) is 0.648. The maximum Gasteiger partial charge on any atom is 0.167 e. The first-order chi connectivity index (χ1) is 9.65. The minimum Gasteiger partial charge on any atom is -0.294 e. The van der Waals surface area contributed by atoms with Gasteiger partial charge in [-0.15, -0.1) is 0 Å². The maximum atomic E-state index is 12.7. The predicted octanol–water partition coefficient (Wildman–Crippen LogP) is 5.78. The van der Waals surface area contributed by atoms with Crippen LogP contribution in [0.2, 0.25) is 10.0 Å². The maximum absolute atomic E-state index is 12.7. The fourth-order valence-corrected chi connectivity index (χ4v) is 4.52. The summed E-state index contributed by atoms with van der Waals surface area (Å²) in [5.74, 6) is 2.01. The van der Waals surface area contributed by atoms with Crippen molar-refractivity contribution in [3.8, 4) is 0 Å². The summed E-state index contributed by atoms with van der Waals surface area (Å²) in [6, 6.07) is 5.20. The Kier molecular flexibility index (Phi) is 4.37. The van der Waals surface area contributed by atoms with Crippen molar-refractivity contribution in [1.29, 1.82) is 0 Å². The van der Waals surface area contributed by atoms with Crippen LogP contribution in [0.1, 0.15) is 55.3 Å². The second-order valence-electron chi connectivity index (χ2n) is 6.30. The molecule has 0 aliphatic heterocycles. The number of hydrogen-bond acceptors (Lipinski definition) is 1. The van der Waals surface area contributed by atoms with E-state index in [-0.39, 0.29) is 11.7 Å². The van der Waals surface area contributed by atoms with E-state index in [1.54, 1.807) is 18.2 Å². The quantitative estimate of drug-likeness (QED) is 0.632. The van der Waals surface area contributed by atoms with E-state index in [0.717, 1.165) is 24.7 Å². The fraction of sp³-hybridized carbons (Fsp3) is 0.588. The molecule has 1 aromatic carbocycles. The molecule has 2 aliphatic carbocycles. The number of ketones is 1. The fourth-order valence-electron chi connectivity index (χ4n) is 4.02. The molecule has 0 aromatic heterocycles. The minimum atomic E-state index is 0.160. The zero-order valence-corrected chi connectivity index (χ0v) is 13.1. The molecule has 0 bridgehead atoms.